The molecule has 0 saturated carbocycles. The lowest BCUT2D eigenvalue weighted by molar-refractivity contribution is -0.116. The molecule has 7 heteroatoms. The number of hydrogen-bond donors (Lipinski definition) is 1. The second kappa shape index (κ2) is 8.11. The van der Waals surface area contributed by atoms with Crippen LogP contribution in [0.1, 0.15) is 42.5 Å². The third-order valence-corrected chi connectivity index (χ3v) is 6.55. The van der Waals surface area contributed by atoms with Crippen LogP contribution in [0.3, 0.4) is 0 Å². The fraction of sp³-hybridized carbons (Fsp3) is 0.304. The molecular formula is C23H21FIN3O2. The van der Waals surface area contributed by atoms with Crippen LogP contribution < -0.4 is 5.32 Å². The number of hydrogen-bond acceptors (Lipinski definition) is 3. The van der Waals surface area contributed by atoms with Crippen LogP contribution in [0.4, 0.5) is 4.39 Å². The highest BCUT2D eigenvalue weighted by Gasteiger charge is 2.29. The zero-order chi connectivity index (χ0) is 20.7. The summed E-state index contributed by atoms with van der Waals surface area (Å²) in [4.78, 5) is 12.5. The predicted octanol–water partition coefficient (Wildman–Crippen LogP) is 4.78. The van der Waals surface area contributed by atoms with Crippen molar-refractivity contribution in [1.29, 1.82) is 0 Å². The minimum absolute atomic E-state index is 0.0517. The number of ether oxygens (including phenoxy) is 1. The van der Waals surface area contributed by atoms with E-state index in [0.29, 0.717) is 38.9 Å². The smallest absolute Gasteiger partial charge is 0.247 e. The minimum Gasteiger partial charge on any atom is -0.356 e. The predicted molar refractivity (Wildman–Crippen MR) is 121 cm³/mol. The second-order valence-corrected chi connectivity index (χ2v) is 8.75. The number of aromatic nitrogens is 2. The molecule has 3 aromatic rings. The van der Waals surface area contributed by atoms with Crippen LogP contribution in [0.5, 0.6) is 0 Å². The molecule has 154 valence electrons. The molecule has 2 aromatic carbocycles. The fourth-order valence-electron chi connectivity index (χ4n) is 4.31. The molecular weight excluding hydrogens is 496 g/mol. The number of benzene rings is 2. The molecule has 0 bridgehead atoms. The lowest BCUT2D eigenvalue weighted by Crippen LogP contribution is -2.19. The number of fused-ring (bicyclic) bond motifs is 1. The van der Waals surface area contributed by atoms with E-state index in [2.05, 4.69) is 33.0 Å². The van der Waals surface area contributed by atoms with Gasteiger partial charge in [-0.1, -0.05) is 30.3 Å². The third kappa shape index (κ3) is 3.54. The van der Waals surface area contributed by atoms with E-state index in [9.17, 15) is 4.79 Å². The fourth-order valence-corrected chi connectivity index (χ4v) is 5.08. The molecule has 2 atom stereocenters. The van der Waals surface area contributed by atoms with Gasteiger partial charge in [-0.15, -0.1) is 0 Å². The molecule has 2 aliphatic heterocycles. The normalized spacial score (nSPS) is 23.3. The summed E-state index contributed by atoms with van der Waals surface area (Å²) >= 11 is 2.07. The van der Waals surface area contributed by atoms with Crippen LogP contribution in [0, 0.1) is 9.52 Å². The molecule has 2 unspecified atom stereocenters. The summed E-state index contributed by atoms with van der Waals surface area (Å²) in [6.45, 7) is 1.24. The average molecular weight is 517 g/mol. The largest absolute Gasteiger partial charge is 0.356 e. The van der Waals surface area contributed by atoms with Gasteiger partial charge in [-0.25, -0.2) is 9.07 Å². The Balaban J connectivity index is 1.59. The zero-order valence-electron chi connectivity index (χ0n) is 16.3. The molecule has 2 fully saturated rings. The van der Waals surface area contributed by atoms with E-state index >= 15 is 4.39 Å². The maximum atomic E-state index is 15.1. The van der Waals surface area contributed by atoms with Crippen molar-refractivity contribution in [1.82, 2.24) is 15.1 Å². The van der Waals surface area contributed by atoms with Crippen molar-refractivity contribution in [2.45, 2.75) is 31.4 Å². The molecule has 1 amide bonds. The summed E-state index contributed by atoms with van der Waals surface area (Å²) in [5, 5.41) is 7.98. The minimum atomic E-state index is -0.333. The Bertz CT molecular complexity index is 1140. The van der Waals surface area contributed by atoms with E-state index in [1.165, 1.54) is 6.07 Å². The molecule has 5 nitrogen and oxygen atoms in total. The summed E-state index contributed by atoms with van der Waals surface area (Å²) in [6, 6.07) is 13.3. The molecule has 0 spiro atoms. The first-order valence-electron chi connectivity index (χ1n) is 10.2. The molecule has 1 N–H and O–H groups in total. The summed E-state index contributed by atoms with van der Waals surface area (Å²) in [6.07, 6.45) is 4.58. The van der Waals surface area contributed by atoms with Crippen LogP contribution in [0.15, 0.2) is 48.0 Å². The van der Waals surface area contributed by atoms with Crippen molar-refractivity contribution in [2.75, 3.05) is 13.2 Å². The van der Waals surface area contributed by atoms with E-state index in [-0.39, 0.29) is 23.9 Å². The molecule has 5 rings (SSSR count). The molecule has 2 aliphatic rings. The molecule has 2 saturated heterocycles. The SMILES string of the molecule is O=C1NCC(c2ccccc2)C1=Cc1cc(F)c2c(I)nn(C3CCCCO3)c2c1. The van der Waals surface area contributed by atoms with Gasteiger partial charge in [-0.3, -0.25) is 4.79 Å². The maximum Gasteiger partial charge on any atom is 0.247 e. The van der Waals surface area contributed by atoms with Crippen LogP contribution in [-0.4, -0.2) is 28.8 Å². The van der Waals surface area contributed by atoms with Gasteiger partial charge in [-0.05, 0) is 71.2 Å². The van der Waals surface area contributed by atoms with Crippen LogP contribution >= 0.6 is 22.6 Å². The van der Waals surface area contributed by atoms with Gasteiger partial charge in [0, 0.05) is 24.6 Å². The summed E-state index contributed by atoms with van der Waals surface area (Å²) in [7, 11) is 0. The van der Waals surface area contributed by atoms with Crippen molar-refractivity contribution >= 4 is 45.5 Å². The van der Waals surface area contributed by atoms with Gasteiger partial charge in [0.25, 0.3) is 0 Å². The highest BCUT2D eigenvalue weighted by molar-refractivity contribution is 14.1. The van der Waals surface area contributed by atoms with E-state index in [1.807, 2.05) is 36.4 Å². The van der Waals surface area contributed by atoms with Crippen LogP contribution in [0.25, 0.3) is 17.0 Å². The zero-order valence-corrected chi connectivity index (χ0v) is 18.4. The Hall–Kier alpha value is -2.26. The quantitative estimate of drug-likeness (QED) is 0.402. The van der Waals surface area contributed by atoms with E-state index in [4.69, 9.17) is 4.74 Å². The van der Waals surface area contributed by atoms with Gasteiger partial charge in [-0.2, -0.15) is 5.10 Å². The molecule has 30 heavy (non-hydrogen) atoms. The third-order valence-electron chi connectivity index (χ3n) is 5.80. The number of rotatable bonds is 3. The Morgan fingerprint density at radius 3 is 2.83 bits per heavy atom. The van der Waals surface area contributed by atoms with Crippen LogP contribution in [-0.2, 0) is 9.53 Å². The second-order valence-electron chi connectivity index (χ2n) is 7.73. The van der Waals surface area contributed by atoms with Crippen LogP contribution in [0.2, 0.25) is 0 Å². The van der Waals surface area contributed by atoms with Crippen molar-refractivity contribution in [3.8, 4) is 0 Å². The molecule has 1 aromatic heterocycles. The van der Waals surface area contributed by atoms with Gasteiger partial charge in [0.2, 0.25) is 5.91 Å². The van der Waals surface area contributed by atoms with Gasteiger partial charge in [0.1, 0.15) is 9.52 Å². The number of nitrogens with one attached hydrogen (secondary N) is 1. The Labute approximate surface area is 187 Å². The van der Waals surface area contributed by atoms with Gasteiger partial charge in [0.05, 0.1) is 10.9 Å². The van der Waals surface area contributed by atoms with E-state index < -0.39 is 0 Å². The molecule has 0 radical (unpaired) electrons. The number of halogens is 2. The summed E-state index contributed by atoms with van der Waals surface area (Å²) in [5.41, 5.74) is 3.07. The summed E-state index contributed by atoms with van der Waals surface area (Å²) in [5.74, 6) is -0.493. The maximum absolute atomic E-state index is 15.1. The summed E-state index contributed by atoms with van der Waals surface area (Å²) < 4.78 is 23.4. The van der Waals surface area contributed by atoms with Crippen molar-refractivity contribution in [3.63, 3.8) is 0 Å². The number of amides is 1. The monoisotopic (exact) mass is 517 g/mol. The highest BCUT2D eigenvalue weighted by Crippen LogP contribution is 2.34. The first kappa shape index (κ1) is 19.7. The lowest BCUT2D eigenvalue weighted by Gasteiger charge is -2.23. The van der Waals surface area contributed by atoms with Gasteiger partial charge >= 0.3 is 0 Å². The van der Waals surface area contributed by atoms with Gasteiger partial charge < -0.3 is 10.1 Å². The first-order chi connectivity index (χ1) is 14.6. The van der Waals surface area contributed by atoms with Gasteiger partial charge in [0.15, 0.2) is 6.23 Å². The van der Waals surface area contributed by atoms with Crippen molar-refractivity contribution < 1.29 is 13.9 Å². The number of nitrogens with zero attached hydrogens (tertiary/aromatic N) is 2. The van der Waals surface area contributed by atoms with E-state index in [1.54, 1.807) is 10.8 Å². The number of carbonyl (C=O) groups is 1. The highest BCUT2D eigenvalue weighted by atomic mass is 127. The van der Waals surface area contributed by atoms with E-state index in [0.717, 1.165) is 24.8 Å². The molecule has 3 heterocycles. The topological polar surface area (TPSA) is 56.2 Å². The Morgan fingerprint density at radius 2 is 2.07 bits per heavy atom. The average Bonchev–Trinajstić information content (AvgIpc) is 3.29. The Morgan fingerprint density at radius 1 is 1.23 bits per heavy atom. The molecule has 0 aliphatic carbocycles. The number of carbonyl (C=O) groups excluding carboxylic acids is 1. The lowest BCUT2D eigenvalue weighted by atomic mass is 9.92. The van der Waals surface area contributed by atoms with Crippen molar-refractivity contribution in [2.24, 2.45) is 0 Å². The van der Waals surface area contributed by atoms with Crippen molar-refractivity contribution in [3.05, 3.63) is 68.7 Å². The Kier molecular flexibility index (Phi) is 5.32. The standard InChI is InChI=1S/C23H21FIN3O2/c24-18-11-14(10-16-17(13-26-23(16)29)15-6-2-1-3-7-15)12-19-21(18)22(25)27-28(19)20-8-4-5-9-30-20/h1-3,6-7,10-12,17,20H,4-5,8-9,13H2,(H,26,29). The first-order valence-corrected chi connectivity index (χ1v) is 11.2.